The van der Waals surface area contributed by atoms with Gasteiger partial charge in [0, 0.05) is 26.7 Å². The summed E-state index contributed by atoms with van der Waals surface area (Å²) in [7, 11) is 1.76. The Morgan fingerprint density at radius 2 is 2.18 bits per heavy atom. The average molecular weight is 240 g/mol. The van der Waals surface area contributed by atoms with Crippen LogP contribution in [0.1, 0.15) is 26.2 Å². The third kappa shape index (κ3) is 2.99. The fourth-order valence-corrected chi connectivity index (χ4v) is 2.88. The van der Waals surface area contributed by atoms with Crippen LogP contribution in [0.2, 0.25) is 0 Å². The Morgan fingerprint density at radius 1 is 1.47 bits per heavy atom. The zero-order chi connectivity index (χ0) is 12.3. The molecule has 98 valence electrons. The standard InChI is InChI=1S/C13H24N2O2/c1-13(10-17-2)4-7-15(8-5-13)12(16)11-3-6-14-9-11/h11,14H,3-10H2,1-2H3. The Morgan fingerprint density at radius 3 is 2.71 bits per heavy atom. The van der Waals surface area contributed by atoms with Crippen LogP contribution in [-0.2, 0) is 9.53 Å². The first-order valence-corrected chi connectivity index (χ1v) is 6.63. The van der Waals surface area contributed by atoms with Crippen LogP contribution in [0.4, 0.5) is 0 Å². The number of nitrogens with zero attached hydrogens (tertiary/aromatic N) is 1. The van der Waals surface area contributed by atoms with Crippen LogP contribution < -0.4 is 5.32 Å². The van der Waals surface area contributed by atoms with Gasteiger partial charge in [0.25, 0.3) is 0 Å². The van der Waals surface area contributed by atoms with E-state index >= 15 is 0 Å². The second-order valence-corrected chi connectivity index (χ2v) is 5.76. The van der Waals surface area contributed by atoms with Gasteiger partial charge in [-0.15, -0.1) is 0 Å². The topological polar surface area (TPSA) is 41.6 Å². The van der Waals surface area contributed by atoms with Crippen LogP contribution in [0.25, 0.3) is 0 Å². The van der Waals surface area contributed by atoms with Crippen molar-refractivity contribution >= 4 is 5.91 Å². The van der Waals surface area contributed by atoms with Crippen molar-refractivity contribution < 1.29 is 9.53 Å². The van der Waals surface area contributed by atoms with E-state index in [1.165, 1.54) is 0 Å². The quantitative estimate of drug-likeness (QED) is 0.796. The van der Waals surface area contributed by atoms with Crippen LogP contribution in [-0.4, -0.2) is 50.7 Å². The lowest BCUT2D eigenvalue weighted by atomic mass is 9.81. The van der Waals surface area contributed by atoms with E-state index in [9.17, 15) is 4.79 Å². The van der Waals surface area contributed by atoms with Gasteiger partial charge in [0.1, 0.15) is 0 Å². The number of nitrogens with one attached hydrogen (secondary N) is 1. The second-order valence-electron chi connectivity index (χ2n) is 5.76. The lowest BCUT2D eigenvalue weighted by molar-refractivity contribution is -0.137. The smallest absolute Gasteiger partial charge is 0.227 e. The number of hydrogen-bond acceptors (Lipinski definition) is 3. The molecule has 2 aliphatic rings. The van der Waals surface area contributed by atoms with Crippen LogP contribution >= 0.6 is 0 Å². The van der Waals surface area contributed by atoms with Gasteiger partial charge < -0.3 is 15.0 Å². The molecule has 4 heteroatoms. The summed E-state index contributed by atoms with van der Waals surface area (Å²) in [6, 6.07) is 0. The van der Waals surface area contributed by atoms with Crippen LogP contribution in [0, 0.1) is 11.3 Å². The molecule has 4 nitrogen and oxygen atoms in total. The van der Waals surface area contributed by atoms with Crippen molar-refractivity contribution in [1.82, 2.24) is 10.2 Å². The largest absolute Gasteiger partial charge is 0.384 e. The molecule has 0 aromatic carbocycles. The molecule has 0 bridgehead atoms. The third-order valence-electron chi connectivity index (χ3n) is 4.18. The van der Waals surface area contributed by atoms with Crippen molar-refractivity contribution in [1.29, 1.82) is 0 Å². The van der Waals surface area contributed by atoms with Gasteiger partial charge in [-0.05, 0) is 31.2 Å². The summed E-state index contributed by atoms with van der Waals surface area (Å²) in [5.74, 6) is 0.580. The first-order valence-electron chi connectivity index (χ1n) is 6.63. The van der Waals surface area contributed by atoms with Gasteiger partial charge in [0.15, 0.2) is 0 Å². The van der Waals surface area contributed by atoms with E-state index in [1.54, 1.807) is 7.11 Å². The molecule has 1 unspecified atom stereocenters. The highest BCUT2D eigenvalue weighted by Gasteiger charge is 2.34. The third-order valence-corrected chi connectivity index (χ3v) is 4.18. The molecule has 1 N–H and O–H groups in total. The Kier molecular flexibility index (Phi) is 4.05. The van der Waals surface area contributed by atoms with Crippen molar-refractivity contribution in [3.05, 3.63) is 0 Å². The van der Waals surface area contributed by atoms with E-state index < -0.39 is 0 Å². The summed E-state index contributed by atoms with van der Waals surface area (Å²) in [6.45, 7) is 6.72. The highest BCUT2D eigenvalue weighted by atomic mass is 16.5. The van der Waals surface area contributed by atoms with E-state index in [2.05, 4.69) is 17.1 Å². The second kappa shape index (κ2) is 5.36. The molecule has 1 amide bonds. The lowest BCUT2D eigenvalue weighted by Crippen LogP contribution is -2.46. The van der Waals surface area contributed by atoms with E-state index in [0.717, 1.165) is 52.0 Å². The average Bonchev–Trinajstić information content (AvgIpc) is 2.82. The predicted octanol–water partition coefficient (Wildman–Crippen LogP) is 0.871. The van der Waals surface area contributed by atoms with Crippen molar-refractivity contribution in [3.63, 3.8) is 0 Å². The number of hydrogen-bond donors (Lipinski definition) is 1. The van der Waals surface area contributed by atoms with Crippen LogP contribution in [0.15, 0.2) is 0 Å². The van der Waals surface area contributed by atoms with Crippen LogP contribution in [0.3, 0.4) is 0 Å². The predicted molar refractivity (Wildman–Crippen MR) is 66.8 cm³/mol. The van der Waals surface area contributed by atoms with Crippen molar-refractivity contribution in [3.8, 4) is 0 Å². The minimum atomic E-state index is 0.224. The number of likely N-dealkylation sites (tertiary alicyclic amines) is 1. The molecule has 17 heavy (non-hydrogen) atoms. The van der Waals surface area contributed by atoms with E-state index in [-0.39, 0.29) is 11.3 Å². The van der Waals surface area contributed by atoms with Crippen molar-refractivity contribution in [2.75, 3.05) is 39.9 Å². The molecular weight excluding hydrogens is 216 g/mol. The SMILES string of the molecule is COCC1(C)CCN(C(=O)C2CCNC2)CC1. The molecule has 0 spiro atoms. The summed E-state index contributed by atoms with van der Waals surface area (Å²) in [6.07, 6.45) is 3.13. The van der Waals surface area contributed by atoms with Gasteiger partial charge in [-0.2, -0.15) is 0 Å². The maximum Gasteiger partial charge on any atom is 0.227 e. The van der Waals surface area contributed by atoms with E-state index in [0.29, 0.717) is 5.91 Å². The van der Waals surface area contributed by atoms with Gasteiger partial charge in [0.2, 0.25) is 5.91 Å². The van der Waals surface area contributed by atoms with Crippen molar-refractivity contribution in [2.45, 2.75) is 26.2 Å². The molecule has 2 fully saturated rings. The number of piperidine rings is 1. The van der Waals surface area contributed by atoms with E-state index in [4.69, 9.17) is 4.74 Å². The number of methoxy groups -OCH3 is 1. The summed E-state index contributed by atoms with van der Waals surface area (Å²) < 4.78 is 5.27. The first kappa shape index (κ1) is 12.8. The Labute approximate surface area is 104 Å². The summed E-state index contributed by atoms with van der Waals surface area (Å²) in [5.41, 5.74) is 0.263. The van der Waals surface area contributed by atoms with Gasteiger partial charge >= 0.3 is 0 Å². The van der Waals surface area contributed by atoms with Gasteiger partial charge in [0.05, 0.1) is 12.5 Å². The molecule has 1 atom stereocenters. The summed E-state index contributed by atoms with van der Waals surface area (Å²) in [4.78, 5) is 14.3. The molecule has 0 aromatic rings. The van der Waals surface area contributed by atoms with Crippen LogP contribution in [0.5, 0.6) is 0 Å². The lowest BCUT2D eigenvalue weighted by Gasteiger charge is -2.39. The minimum absolute atomic E-state index is 0.224. The molecule has 0 radical (unpaired) electrons. The maximum atomic E-state index is 12.2. The Balaban J connectivity index is 1.83. The maximum absolute atomic E-state index is 12.2. The minimum Gasteiger partial charge on any atom is -0.384 e. The molecular formula is C13H24N2O2. The Bertz CT molecular complexity index is 267. The highest BCUT2D eigenvalue weighted by Crippen LogP contribution is 2.31. The molecule has 0 aliphatic carbocycles. The van der Waals surface area contributed by atoms with Gasteiger partial charge in [-0.1, -0.05) is 6.92 Å². The fourth-order valence-electron chi connectivity index (χ4n) is 2.88. The molecule has 2 saturated heterocycles. The summed E-state index contributed by atoms with van der Waals surface area (Å²) in [5, 5.41) is 3.26. The van der Waals surface area contributed by atoms with E-state index in [1.807, 2.05) is 0 Å². The Hall–Kier alpha value is -0.610. The number of rotatable bonds is 3. The molecule has 2 rings (SSSR count). The zero-order valence-electron chi connectivity index (χ0n) is 11.0. The molecule has 0 saturated carbocycles. The number of amides is 1. The normalized spacial score (nSPS) is 28.4. The monoisotopic (exact) mass is 240 g/mol. The number of carbonyl (C=O) groups excluding carboxylic acids is 1. The fraction of sp³-hybridized carbons (Fsp3) is 0.923. The molecule has 2 heterocycles. The first-order chi connectivity index (χ1) is 8.14. The molecule has 2 aliphatic heterocycles. The number of carbonyl (C=O) groups is 1. The molecule has 0 aromatic heterocycles. The van der Waals surface area contributed by atoms with Gasteiger partial charge in [-0.3, -0.25) is 4.79 Å². The van der Waals surface area contributed by atoms with Crippen molar-refractivity contribution in [2.24, 2.45) is 11.3 Å². The summed E-state index contributed by atoms with van der Waals surface area (Å²) >= 11 is 0. The highest BCUT2D eigenvalue weighted by molar-refractivity contribution is 5.79. The zero-order valence-corrected chi connectivity index (χ0v) is 11.0. The number of ether oxygens (including phenoxy) is 1. The van der Waals surface area contributed by atoms with Gasteiger partial charge in [-0.25, -0.2) is 0 Å².